The molecule has 0 fully saturated rings. The molecule has 0 heterocycles. The van der Waals surface area contributed by atoms with Gasteiger partial charge in [-0.2, -0.15) is 5.10 Å². The van der Waals surface area contributed by atoms with Crippen LogP contribution < -0.4 is 10.2 Å². The largest absolute Gasteiger partial charge is 0.497 e. The summed E-state index contributed by atoms with van der Waals surface area (Å²) in [6, 6.07) is 6.90. The van der Waals surface area contributed by atoms with Crippen molar-refractivity contribution in [2.45, 2.75) is 27.7 Å². The molecule has 18 heavy (non-hydrogen) atoms. The molecule has 0 spiro atoms. The first-order valence-corrected chi connectivity index (χ1v) is 5.84. The standard InChI is InChI=1S/C14H20N2O2/c1-10(14(2,3)4)15-16-13(17)11-6-8-12(18-5)9-7-11/h6-9H,1-5H3,(H,16,17)/b15-10+. The number of nitrogens with zero attached hydrogens (tertiary/aromatic N) is 1. The smallest absolute Gasteiger partial charge is 0.271 e. The second kappa shape index (κ2) is 5.67. The lowest BCUT2D eigenvalue weighted by atomic mass is 9.91. The molecule has 1 aromatic rings. The molecule has 1 aromatic carbocycles. The first-order chi connectivity index (χ1) is 8.34. The molecule has 0 radical (unpaired) electrons. The van der Waals surface area contributed by atoms with Crippen LogP contribution in [0.5, 0.6) is 5.75 Å². The summed E-state index contributed by atoms with van der Waals surface area (Å²) in [5, 5.41) is 4.10. The van der Waals surface area contributed by atoms with Crippen LogP contribution in [0.15, 0.2) is 29.4 Å². The SMILES string of the molecule is COc1ccc(C(=O)N/N=C(\C)C(C)(C)C)cc1. The van der Waals surface area contributed by atoms with E-state index in [9.17, 15) is 4.79 Å². The summed E-state index contributed by atoms with van der Waals surface area (Å²) in [7, 11) is 1.59. The topological polar surface area (TPSA) is 50.7 Å². The van der Waals surface area contributed by atoms with E-state index >= 15 is 0 Å². The van der Waals surface area contributed by atoms with E-state index in [1.165, 1.54) is 0 Å². The minimum atomic E-state index is -0.221. The Hall–Kier alpha value is -1.84. The van der Waals surface area contributed by atoms with Crippen molar-refractivity contribution in [2.24, 2.45) is 10.5 Å². The number of nitrogens with one attached hydrogen (secondary N) is 1. The number of hydrogen-bond acceptors (Lipinski definition) is 3. The Morgan fingerprint density at radius 1 is 1.22 bits per heavy atom. The average molecular weight is 248 g/mol. The molecule has 0 saturated carbocycles. The first kappa shape index (κ1) is 14.2. The van der Waals surface area contributed by atoms with Crippen molar-refractivity contribution in [3.05, 3.63) is 29.8 Å². The number of carbonyl (C=O) groups excluding carboxylic acids is 1. The van der Waals surface area contributed by atoms with E-state index in [2.05, 4.69) is 10.5 Å². The highest BCUT2D eigenvalue weighted by Crippen LogP contribution is 2.15. The molecule has 1 N–H and O–H groups in total. The monoisotopic (exact) mass is 248 g/mol. The van der Waals surface area contributed by atoms with Crippen LogP contribution in [0.2, 0.25) is 0 Å². The van der Waals surface area contributed by atoms with E-state index in [-0.39, 0.29) is 11.3 Å². The highest BCUT2D eigenvalue weighted by Gasteiger charge is 2.14. The molecule has 0 atom stereocenters. The quantitative estimate of drug-likeness (QED) is 0.660. The van der Waals surface area contributed by atoms with Crippen LogP contribution >= 0.6 is 0 Å². The van der Waals surface area contributed by atoms with Gasteiger partial charge in [0.15, 0.2) is 0 Å². The molecular weight excluding hydrogens is 228 g/mol. The fraction of sp³-hybridized carbons (Fsp3) is 0.429. The summed E-state index contributed by atoms with van der Waals surface area (Å²) in [6.45, 7) is 8.04. The molecule has 0 aromatic heterocycles. The summed E-state index contributed by atoms with van der Waals surface area (Å²) in [6.07, 6.45) is 0. The Morgan fingerprint density at radius 3 is 2.22 bits per heavy atom. The molecule has 0 bridgehead atoms. The number of ether oxygens (including phenoxy) is 1. The van der Waals surface area contributed by atoms with E-state index < -0.39 is 0 Å². The highest BCUT2D eigenvalue weighted by molar-refractivity contribution is 5.95. The zero-order chi connectivity index (χ0) is 13.8. The van der Waals surface area contributed by atoms with Gasteiger partial charge in [-0.15, -0.1) is 0 Å². The van der Waals surface area contributed by atoms with Crippen LogP contribution in [0, 0.1) is 5.41 Å². The Morgan fingerprint density at radius 2 is 1.78 bits per heavy atom. The fourth-order valence-electron chi connectivity index (χ4n) is 1.11. The number of hydrogen-bond donors (Lipinski definition) is 1. The predicted molar refractivity (Wildman–Crippen MR) is 73.0 cm³/mol. The van der Waals surface area contributed by atoms with Gasteiger partial charge in [0.05, 0.1) is 7.11 Å². The number of benzene rings is 1. The third kappa shape index (κ3) is 3.87. The van der Waals surface area contributed by atoms with E-state index in [1.807, 2.05) is 27.7 Å². The second-order valence-electron chi connectivity index (χ2n) is 5.12. The lowest BCUT2D eigenvalue weighted by Crippen LogP contribution is -2.24. The van der Waals surface area contributed by atoms with Crippen molar-refractivity contribution in [2.75, 3.05) is 7.11 Å². The molecule has 1 amide bonds. The molecular formula is C14H20N2O2. The minimum Gasteiger partial charge on any atom is -0.497 e. The van der Waals surface area contributed by atoms with Crippen molar-refractivity contribution in [1.82, 2.24) is 5.43 Å². The number of amides is 1. The average Bonchev–Trinajstić information content (AvgIpc) is 2.34. The summed E-state index contributed by atoms with van der Waals surface area (Å²) in [5.41, 5.74) is 3.94. The van der Waals surface area contributed by atoms with Gasteiger partial charge in [-0.3, -0.25) is 4.79 Å². The predicted octanol–water partition coefficient (Wildman–Crippen LogP) is 2.85. The van der Waals surface area contributed by atoms with Crippen molar-refractivity contribution in [1.29, 1.82) is 0 Å². The van der Waals surface area contributed by atoms with Gasteiger partial charge >= 0.3 is 0 Å². The van der Waals surface area contributed by atoms with Crippen molar-refractivity contribution < 1.29 is 9.53 Å². The maximum Gasteiger partial charge on any atom is 0.271 e. The van der Waals surface area contributed by atoms with Gasteiger partial charge < -0.3 is 4.74 Å². The molecule has 0 aliphatic carbocycles. The molecule has 1 rings (SSSR count). The first-order valence-electron chi connectivity index (χ1n) is 5.84. The number of carbonyl (C=O) groups is 1. The summed E-state index contributed by atoms with van der Waals surface area (Å²) in [5.74, 6) is 0.502. The summed E-state index contributed by atoms with van der Waals surface area (Å²) in [4.78, 5) is 11.8. The molecule has 4 heteroatoms. The van der Waals surface area contributed by atoms with Crippen molar-refractivity contribution in [3.63, 3.8) is 0 Å². The maximum absolute atomic E-state index is 11.8. The van der Waals surface area contributed by atoms with E-state index in [0.717, 1.165) is 11.5 Å². The second-order valence-corrected chi connectivity index (χ2v) is 5.12. The van der Waals surface area contributed by atoms with Crippen LogP contribution in [0.1, 0.15) is 38.1 Å². The third-order valence-electron chi connectivity index (χ3n) is 2.76. The van der Waals surface area contributed by atoms with Crippen molar-refractivity contribution in [3.8, 4) is 5.75 Å². The highest BCUT2D eigenvalue weighted by atomic mass is 16.5. The lowest BCUT2D eigenvalue weighted by Gasteiger charge is -2.17. The number of rotatable bonds is 3. The summed E-state index contributed by atoms with van der Waals surface area (Å²) >= 11 is 0. The molecule has 4 nitrogen and oxygen atoms in total. The van der Waals surface area contributed by atoms with Gasteiger partial charge in [-0.05, 0) is 31.2 Å². The summed E-state index contributed by atoms with van der Waals surface area (Å²) < 4.78 is 5.03. The Labute approximate surface area is 108 Å². The van der Waals surface area contributed by atoms with E-state index in [0.29, 0.717) is 5.56 Å². The fourth-order valence-corrected chi connectivity index (χ4v) is 1.11. The van der Waals surface area contributed by atoms with Crippen LogP contribution in [0.4, 0.5) is 0 Å². The lowest BCUT2D eigenvalue weighted by molar-refractivity contribution is 0.0954. The molecule has 0 aliphatic heterocycles. The molecule has 98 valence electrons. The zero-order valence-corrected chi connectivity index (χ0v) is 11.6. The number of hydrazone groups is 1. The zero-order valence-electron chi connectivity index (χ0n) is 11.6. The van der Waals surface area contributed by atoms with Crippen molar-refractivity contribution >= 4 is 11.6 Å². The molecule has 0 saturated heterocycles. The van der Waals surface area contributed by atoms with Crippen LogP contribution in [0.25, 0.3) is 0 Å². The Kier molecular flexibility index (Phi) is 4.48. The third-order valence-corrected chi connectivity index (χ3v) is 2.76. The van der Waals surface area contributed by atoms with Gasteiger partial charge in [0, 0.05) is 16.7 Å². The minimum absolute atomic E-state index is 0.0484. The normalized spacial score (nSPS) is 12.2. The van der Waals surface area contributed by atoms with Gasteiger partial charge in [0.1, 0.15) is 5.75 Å². The van der Waals surface area contributed by atoms with Crippen LogP contribution in [0.3, 0.4) is 0 Å². The Bertz CT molecular complexity index is 442. The van der Waals surface area contributed by atoms with Crippen LogP contribution in [-0.2, 0) is 0 Å². The Balaban J connectivity index is 2.71. The maximum atomic E-state index is 11.8. The van der Waals surface area contributed by atoms with Gasteiger partial charge in [-0.25, -0.2) is 5.43 Å². The molecule has 0 unspecified atom stereocenters. The van der Waals surface area contributed by atoms with Crippen LogP contribution in [-0.4, -0.2) is 18.7 Å². The number of methoxy groups -OCH3 is 1. The van der Waals surface area contributed by atoms with E-state index in [4.69, 9.17) is 4.74 Å². The van der Waals surface area contributed by atoms with Gasteiger partial charge in [0.25, 0.3) is 5.91 Å². The van der Waals surface area contributed by atoms with Gasteiger partial charge in [0.2, 0.25) is 0 Å². The molecule has 0 aliphatic rings. The van der Waals surface area contributed by atoms with Gasteiger partial charge in [-0.1, -0.05) is 20.8 Å². The van der Waals surface area contributed by atoms with E-state index in [1.54, 1.807) is 31.4 Å².